The van der Waals surface area contributed by atoms with Gasteiger partial charge in [-0.2, -0.15) is 15.4 Å². The van der Waals surface area contributed by atoms with E-state index in [9.17, 15) is 14.0 Å². The van der Waals surface area contributed by atoms with E-state index in [1.54, 1.807) is 0 Å². The number of hydrogen-bond donors (Lipinski definition) is 2. The molecular formula is C25H29FN6O2. The Bertz CT molecular complexity index is 1110. The fourth-order valence-corrected chi connectivity index (χ4v) is 4.11. The number of aromatic nitrogens is 4. The molecule has 1 aliphatic rings. The molecule has 0 saturated carbocycles. The van der Waals surface area contributed by atoms with Gasteiger partial charge in [0.25, 0.3) is 0 Å². The van der Waals surface area contributed by atoms with Crippen LogP contribution >= 0.6 is 0 Å². The first kappa shape index (κ1) is 23.5. The van der Waals surface area contributed by atoms with E-state index in [-0.39, 0.29) is 30.7 Å². The second-order valence-electron chi connectivity index (χ2n) is 9.61. The number of rotatable bonds is 6. The standard InChI is InChI=1S/C25H29FN6O2/c1-25(2,3)17-9-10-20(27-13-17)23(16-7-5-4-6-8-16)29-24(34)21-11-18(26)15-32(21)22(33)12-19-14-28-31-30-19/h4-10,13-14,18,21,23H,11-12,15H2,1-3H3,(H,29,34)(H,28,30,31)/t18-,21+,23+/m1/s1. The van der Waals surface area contributed by atoms with Gasteiger partial charge in [0.2, 0.25) is 11.8 Å². The summed E-state index contributed by atoms with van der Waals surface area (Å²) in [7, 11) is 0. The van der Waals surface area contributed by atoms with E-state index in [1.807, 2.05) is 48.7 Å². The van der Waals surface area contributed by atoms with E-state index in [1.165, 1.54) is 11.1 Å². The fraction of sp³-hybridized carbons (Fsp3) is 0.400. The van der Waals surface area contributed by atoms with Crippen LogP contribution in [-0.4, -0.2) is 55.9 Å². The SMILES string of the molecule is CC(C)(C)c1ccc([C@@H](NC(=O)[C@@H]2C[C@@H](F)CN2C(=O)Cc2cn[nH]n2)c2ccccc2)nc1. The van der Waals surface area contributed by atoms with Crippen LogP contribution < -0.4 is 5.32 Å². The van der Waals surface area contributed by atoms with Gasteiger partial charge in [-0.15, -0.1) is 0 Å². The molecule has 1 aromatic carbocycles. The number of hydrogen-bond acceptors (Lipinski definition) is 5. The Hall–Kier alpha value is -3.62. The summed E-state index contributed by atoms with van der Waals surface area (Å²) < 4.78 is 14.3. The molecule has 0 bridgehead atoms. The molecule has 0 unspecified atom stereocenters. The topological polar surface area (TPSA) is 104 Å². The van der Waals surface area contributed by atoms with Crippen molar-refractivity contribution < 1.29 is 14.0 Å². The maximum atomic E-state index is 14.3. The second-order valence-corrected chi connectivity index (χ2v) is 9.61. The van der Waals surface area contributed by atoms with Crippen molar-refractivity contribution in [2.24, 2.45) is 0 Å². The third kappa shape index (κ3) is 5.30. The van der Waals surface area contributed by atoms with E-state index >= 15 is 0 Å². The highest BCUT2D eigenvalue weighted by Crippen LogP contribution is 2.27. The van der Waals surface area contributed by atoms with E-state index in [2.05, 4.69) is 46.5 Å². The van der Waals surface area contributed by atoms with Gasteiger partial charge in [-0.25, -0.2) is 4.39 Å². The van der Waals surface area contributed by atoms with Gasteiger partial charge in [0.15, 0.2) is 0 Å². The summed E-state index contributed by atoms with van der Waals surface area (Å²) in [6, 6.07) is 12.0. The monoisotopic (exact) mass is 464 g/mol. The smallest absolute Gasteiger partial charge is 0.243 e. The maximum Gasteiger partial charge on any atom is 0.243 e. The van der Waals surface area contributed by atoms with Crippen LogP contribution in [0.5, 0.6) is 0 Å². The van der Waals surface area contributed by atoms with Crippen LogP contribution in [0.4, 0.5) is 4.39 Å². The number of halogens is 1. The minimum atomic E-state index is -1.27. The summed E-state index contributed by atoms with van der Waals surface area (Å²) in [5, 5.41) is 13.0. The van der Waals surface area contributed by atoms with Crippen LogP contribution in [0, 0.1) is 0 Å². The summed E-state index contributed by atoms with van der Waals surface area (Å²) in [6.07, 6.45) is 1.89. The number of likely N-dealkylation sites (tertiary alicyclic amines) is 1. The molecule has 4 rings (SSSR count). The molecule has 1 aliphatic heterocycles. The molecule has 3 atom stereocenters. The predicted octanol–water partition coefficient (Wildman–Crippen LogP) is 2.88. The largest absolute Gasteiger partial charge is 0.342 e. The van der Waals surface area contributed by atoms with Crippen molar-refractivity contribution in [3.05, 3.63) is 77.4 Å². The number of nitrogens with zero attached hydrogens (tertiary/aromatic N) is 4. The molecule has 2 aromatic heterocycles. The van der Waals surface area contributed by atoms with Gasteiger partial charge >= 0.3 is 0 Å². The summed E-state index contributed by atoms with van der Waals surface area (Å²) in [5.41, 5.74) is 2.98. The van der Waals surface area contributed by atoms with Crippen LogP contribution in [0.15, 0.2) is 54.9 Å². The molecule has 2 amide bonds. The van der Waals surface area contributed by atoms with Crippen molar-refractivity contribution in [1.29, 1.82) is 0 Å². The number of alkyl halides is 1. The number of H-pyrrole nitrogens is 1. The lowest BCUT2D eigenvalue weighted by Gasteiger charge is -2.27. The number of aromatic amines is 1. The minimum Gasteiger partial charge on any atom is -0.342 e. The van der Waals surface area contributed by atoms with Crippen LogP contribution in [0.25, 0.3) is 0 Å². The number of benzene rings is 1. The average molecular weight is 465 g/mol. The van der Waals surface area contributed by atoms with Crippen molar-refractivity contribution in [3.8, 4) is 0 Å². The summed E-state index contributed by atoms with van der Waals surface area (Å²) >= 11 is 0. The zero-order chi connectivity index (χ0) is 24.3. The van der Waals surface area contributed by atoms with Crippen LogP contribution in [0.2, 0.25) is 0 Å². The normalized spacial score (nSPS) is 19.1. The minimum absolute atomic E-state index is 0.0473. The lowest BCUT2D eigenvalue weighted by atomic mass is 9.88. The van der Waals surface area contributed by atoms with Crippen molar-refractivity contribution >= 4 is 11.8 Å². The van der Waals surface area contributed by atoms with Gasteiger partial charge in [0.1, 0.15) is 12.2 Å². The van der Waals surface area contributed by atoms with Gasteiger partial charge < -0.3 is 10.2 Å². The van der Waals surface area contributed by atoms with Gasteiger partial charge in [-0.3, -0.25) is 14.6 Å². The first-order valence-corrected chi connectivity index (χ1v) is 11.3. The Balaban J connectivity index is 1.57. The predicted molar refractivity (Wildman–Crippen MR) is 124 cm³/mol. The zero-order valence-electron chi connectivity index (χ0n) is 19.5. The number of carbonyl (C=O) groups excluding carboxylic acids is 2. The summed E-state index contributed by atoms with van der Waals surface area (Å²) in [6.45, 7) is 6.21. The van der Waals surface area contributed by atoms with E-state index in [0.717, 1.165) is 11.1 Å². The molecule has 1 saturated heterocycles. The number of amides is 2. The molecular weight excluding hydrogens is 435 g/mol. The van der Waals surface area contributed by atoms with Crippen molar-refractivity contribution in [2.45, 2.75) is 57.3 Å². The molecule has 0 spiro atoms. The fourth-order valence-electron chi connectivity index (χ4n) is 4.11. The molecule has 0 aliphatic carbocycles. The highest BCUT2D eigenvalue weighted by atomic mass is 19.1. The highest BCUT2D eigenvalue weighted by Gasteiger charge is 2.40. The molecule has 34 heavy (non-hydrogen) atoms. The molecule has 3 aromatic rings. The second kappa shape index (κ2) is 9.70. The number of carbonyl (C=O) groups is 2. The van der Waals surface area contributed by atoms with Crippen molar-refractivity contribution in [2.75, 3.05) is 6.54 Å². The van der Waals surface area contributed by atoms with Gasteiger partial charge in [0.05, 0.1) is 36.6 Å². The third-order valence-corrected chi connectivity index (χ3v) is 6.04. The van der Waals surface area contributed by atoms with E-state index in [0.29, 0.717) is 11.4 Å². The van der Waals surface area contributed by atoms with E-state index < -0.39 is 24.2 Å². The molecule has 8 nitrogen and oxygen atoms in total. The molecule has 2 N–H and O–H groups in total. The Morgan fingerprint density at radius 1 is 1.18 bits per heavy atom. The quantitative estimate of drug-likeness (QED) is 0.584. The zero-order valence-corrected chi connectivity index (χ0v) is 19.5. The Morgan fingerprint density at radius 3 is 2.56 bits per heavy atom. The Labute approximate surface area is 198 Å². The maximum absolute atomic E-state index is 14.3. The van der Waals surface area contributed by atoms with Crippen LogP contribution in [-0.2, 0) is 21.4 Å². The molecule has 0 radical (unpaired) electrons. The Morgan fingerprint density at radius 2 is 1.94 bits per heavy atom. The van der Waals surface area contributed by atoms with Crippen LogP contribution in [0.3, 0.4) is 0 Å². The lowest BCUT2D eigenvalue weighted by molar-refractivity contribution is -0.138. The molecule has 1 fully saturated rings. The lowest BCUT2D eigenvalue weighted by Crippen LogP contribution is -2.47. The first-order valence-electron chi connectivity index (χ1n) is 11.3. The van der Waals surface area contributed by atoms with Crippen molar-refractivity contribution in [1.82, 2.24) is 30.6 Å². The molecule has 9 heteroatoms. The van der Waals surface area contributed by atoms with Crippen molar-refractivity contribution in [3.63, 3.8) is 0 Å². The van der Waals surface area contributed by atoms with Gasteiger partial charge in [0, 0.05) is 12.6 Å². The third-order valence-electron chi connectivity index (χ3n) is 6.04. The molecule has 178 valence electrons. The molecule has 3 heterocycles. The summed E-state index contributed by atoms with van der Waals surface area (Å²) in [5.74, 6) is -0.776. The van der Waals surface area contributed by atoms with E-state index in [4.69, 9.17) is 0 Å². The van der Waals surface area contributed by atoms with Gasteiger partial charge in [-0.05, 0) is 22.6 Å². The summed E-state index contributed by atoms with van der Waals surface area (Å²) in [4.78, 5) is 32.1. The average Bonchev–Trinajstić information content (AvgIpc) is 3.47. The first-order chi connectivity index (χ1) is 16.2. The number of pyridine rings is 1. The Kier molecular flexibility index (Phi) is 6.72. The highest BCUT2D eigenvalue weighted by molar-refractivity contribution is 5.89. The van der Waals surface area contributed by atoms with Crippen LogP contribution in [0.1, 0.15) is 55.7 Å². The number of nitrogens with one attached hydrogen (secondary N) is 2. The van der Waals surface area contributed by atoms with Gasteiger partial charge in [-0.1, -0.05) is 57.2 Å².